The number of carbonyl (C=O) groups is 1. The Bertz CT molecular complexity index is 625. The van der Waals surface area contributed by atoms with E-state index in [-0.39, 0.29) is 24.5 Å². The predicted molar refractivity (Wildman–Crippen MR) is 95.1 cm³/mol. The molecule has 0 spiro atoms. The summed E-state index contributed by atoms with van der Waals surface area (Å²) in [5.41, 5.74) is 2.00. The highest BCUT2D eigenvalue weighted by Crippen LogP contribution is 2.23. The van der Waals surface area contributed by atoms with Crippen molar-refractivity contribution in [3.05, 3.63) is 65.7 Å². The number of amides is 1. The Kier molecular flexibility index (Phi) is 6.82. The number of hydrogen-bond donors (Lipinski definition) is 2. The quantitative estimate of drug-likeness (QED) is 0.781. The van der Waals surface area contributed by atoms with Crippen LogP contribution in [-0.2, 0) is 4.79 Å². The summed E-state index contributed by atoms with van der Waals surface area (Å²) in [4.78, 5) is 12.6. The van der Waals surface area contributed by atoms with Crippen molar-refractivity contribution >= 4 is 5.91 Å². The Morgan fingerprint density at radius 2 is 1.75 bits per heavy atom. The second kappa shape index (κ2) is 9.08. The lowest BCUT2D eigenvalue weighted by atomic mass is 9.97. The van der Waals surface area contributed by atoms with Gasteiger partial charge in [0.25, 0.3) is 0 Å². The van der Waals surface area contributed by atoms with Crippen molar-refractivity contribution in [1.82, 2.24) is 5.32 Å². The molecule has 4 nitrogen and oxygen atoms in total. The van der Waals surface area contributed by atoms with Gasteiger partial charge in [-0.15, -0.1) is 0 Å². The van der Waals surface area contributed by atoms with Crippen molar-refractivity contribution in [3.63, 3.8) is 0 Å². The molecule has 2 aromatic carbocycles. The summed E-state index contributed by atoms with van der Waals surface area (Å²) in [6.07, 6.45) is 1.36. The van der Waals surface area contributed by atoms with Crippen LogP contribution in [0.4, 0.5) is 0 Å². The molecule has 2 rings (SSSR count). The van der Waals surface area contributed by atoms with Crippen molar-refractivity contribution < 1.29 is 14.6 Å². The van der Waals surface area contributed by atoms with Gasteiger partial charge >= 0.3 is 0 Å². The van der Waals surface area contributed by atoms with Gasteiger partial charge in [-0.05, 0) is 43.0 Å². The molecule has 1 amide bonds. The van der Waals surface area contributed by atoms with Gasteiger partial charge in [-0.2, -0.15) is 0 Å². The van der Waals surface area contributed by atoms with Crippen molar-refractivity contribution in [1.29, 1.82) is 0 Å². The molecule has 0 aromatic heterocycles. The molecule has 24 heavy (non-hydrogen) atoms. The summed E-state index contributed by atoms with van der Waals surface area (Å²) in [5.74, 6) is 0.500. The highest BCUT2D eigenvalue weighted by Gasteiger charge is 2.20. The number of rotatable bonds is 8. The molecule has 2 unspecified atom stereocenters. The van der Waals surface area contributed by atoms with E-state index < -0.39 is 0 Å². The lowest BCUT2D eigenvalue weighted by Gasteiger charge is -2.21. The van der Waals surface area contributed by atoms with E-state index in [1.54, 1.807) is 7.11 Å². The zero-order valence-electron chi connectivity index (χ0n) is 14.2. The minimum atomic E-state index is -0.253. The van der Waals surface area contributed by atoms with Gasteiger partial charge in [0.15, 0.2) is 0 Å². The zero-order chi connectivity index (χ0) is 17.4. The number of benzene rings is 2. The molecule has 0 radical (unpaired) electrons. The average molecular weight is 327 g/mol. The van der Waals surface area contributed by atoms with E-state index in [2.05, 4.69) is 5.32 Å². The Morgan fingerprint density at radius 3 is 2.33 bits per heavy atom. The third kappa shape index (κ3) is 4.83. The van der Waals surface area contributed by atoms with Gasteiger partial charge in [-0.25, -0.2) is 0 Å². The standard InChI is InChI=1S/C20H25NO3/c1-15(16-10-12-18(24-2)13-11-16)20(23)21-19(9-6-14-22)17-7-4-3-5-8-17/h3-5,7-8,10-13,15,19,22H,6,9,14H2,1-2H3,(H,21,23). The number of hydrogen-bond acceptors (Lipinski definition) is 3. The molecule has 0 aliphatic carbocycles. The Labute approximate surface area is 143 Å². The van der Waals surface area contributed by atoms with Crippen LogP contribution in [0.3, 0.4) is 0 Å². The van der Waals surface area contributed by atoms with E-state index in [0.29, 0.717) is 12.8 Å². The van der Waals surface area contributed by atoms with Crippen molar-refractivity contribution in [2.24, 2.45) is 0 Å². The third-order valence-corrected chi connectivity index (χ3v) is 4.18. The van der Waals surface area contributed by atoms with Crippen LogP contribution in [0.15, 0.2) is 54.6 Å². The maximum Gasteiger partial charge on any atom is 0.227 e. The van der Waals surface area contributed by atoms with Crippen LogP contribution in [-0.4, -0.2) is 24.7 Å². The lowest BCUT2D eigenvalue weighted by Crippen LogP contribution is -2.32. The van der Waals surface area contributed by atoms with E-state index >= 15 is 0 Å². The van der Waals surface area contributed by atoms with Gasteiger partial charge in [-0.3, -0.25) is 4.79 Å². The first kappa shape index (κ1) is 18.0. The first-order chi connectivity index (χ1) is 11.7. The van der Waals surface area contributed by atoms with Crippen LogP contribution in [0.1, 0.15) is 42.9 Å². The topological polar surface area (TPSA) is 58.6 Å². The van der Waals surface area contributed by atoms with Gasteiger partial charge < -0.3 is 15.2 Å². The summed E-state index contributed by atoms with van der Waals surface area (Å²) in [6, 6.07) is 17.3. The molecule has 4 heteroatoms. The third-order valence-electron chi connectivity index (χ3n) is 4.18. The Morgan fingerprint density at radius 1 is 1.08 bits per heavy atom. The molecule has 0 aliphatic heterocycles. The van der Waals surface area contributed by atoms with Crippen molar-refractivity contribution in [2.45, 2.75) is 31.7 Å². The van der Waals surface area contributed by atoms with Gasteiger partial charge in [0.2, 0.25) is 5.91 Å². The van der Waals surface area contributed by atoms with Crippen LogP contribution in [0.2, 0.25) is 0 Å². The normalized spacial score (nSPS) is 13.1. The molecule has 0 heterocycles. The predicted octanol–water partition coefficient (Wildman–Crippen LogP) is 3.43. The second-order valence-electron chi connectivity index (χ2n) is 5.83. The first-order valence-corrected chi connectivity index (χ1v) is 8.26. The van der Waals surface area contributed by atoms with Crippen molar-refractivity contribution in [3.8, 4) is 5.75 Å². The average Bonchev–Trinajstić information content (AvgIpc) is 2.65. The molecular weight excluding hydrogens is 302 g/mol. The monoisotopic (exact) mass is 327 g/mol. The number of ether oxygens (including phenoxy) is 1. The SMILES string of the molecule is COc1ccc(C(C)C(=O)NC(CCCO)c2ccccc2)cc1. The molecule has 0 saturated heterocycles. The number of methoxy groups -OCH3 is 1. The fourth-order valence-electron chi connectivity index (χ4n) is 2.64. The summed E-state index contributed by atoms with van der Waals surface area (Å²) in [7, 11) is 1.62. The van der Waals surface area contributed by atoms with Crippen LogP contribution in [0, 0.1) is 0 Å². The highest BCUT2D eigenvalue weighted by atomic mass is 16.5. The van der Waals surface area contributed by atoms with E-state index in [1.807, 2.05) is 61.5 Å². The van der Waals surface area contributed by atoms with E-state index in [1.165, 1.54) is 0 Å². The largest absolute Gasteiger partial charge is 0.497 e. The fraction of sp³-hybridized carbons (Fsp3) is 0.350. The first-order valence-electron chi connectivity index (χ1n) is 8.26. The molecule has 2 atom stereocenters. The molecule has 128 valence electrons. The van der Waals surface area contributed by atoms with Gasteiger partial charge in [0, 0.05) is 6.61 Å². The van der Waals surface area contributed by atoms with Crippen LogP contribution < -0.4 is 10.1 Å². The number of carbonyl (C=O) groups excluding carboxylic acids is 1. The van der Waals surface area contributed by atoms with Gasteiger partial charge in [-0.1, -0.05) is 42.5 Å². The maximum atomic E-state index is 12.6. The fourth-order valence-corrected chi connectivity index (χ4v) is 2.64. The van der Waals surface area contributed by atoms with E-state index in [4.69, 9.17) is 9.84 Å². The van der Waals surface area contributed by atoms with Crippen LogP contribution >= 0.6 is 0 Å². The molecule has 0 aliphatic rings. The number of aliphatic hydroxyl groups is 1. The molecule has 0 fully saturated rings. The second-order valence-corrected chi connectivity index (χ2v) is 5.83. The summed E-state index contributed by atoms with van der Waals surface area (Å²) < 4.78 is 5.15. The zero-order valence-corrected chi connectivity index (χ0v) is 14.2. The summed E-state index contributed by atoms with van der Waals surface area (Å²) in [5, 5.41) is 12.2. The Hall–Kier alpha value is -2.33. The molecule has 2 N–H and O–H groups in total. The lowest BCUT2D eigenvalue weighted by molar-refractivity contribution is -0.123. The van der Waals surface area contributed by atoms with Crippen molar-refractivity contribution in [2.75, 3.05) is 13.7 Å². The molecule has 0 saturated carbocycles. The summed E-state index contributed by atoms with van der Waals surface area (Å²) in [6.45, 7) is 2.01. The van der Waals surface area contributed by atoms with Gasteiger partial charge in [0.1, 0.15) is 5.75 Å². The van der Waals surface area contributed by atoms with E-state index in [0.717, 1.165) is 16.9 Å². The summed E-state index contributed by atoms with van der Waals surface area (Å²) >= 11 is 0. The molecular formula is C20H25NO3. The smallest absolute Gasteiger partial charge is 0.227 e. The molecule has 0 bridgehead atoms. The molecule has 2 aromatic rings. The maximum absolute atomic E-state index is 12.6. The van der Waals surface area contributed by atoms with Crippen LogP contribution in [0.5, 0.6) is 5.75 Å². The Balaban J connectivity index is 2.08. The van der Waals surface area contributed by atoms with E-state index in [9.17, 15) is 4.79 Å². The van der Waals surface area contributed by atoms with Gasteiger partial charge in [0.05, 0.1) is 19.1 Å². The number of nitrogens with one attached hydrogen (secondary N) is 1. The minimum absolute atomic E-state index is 0.0213. The minimum Gasteiger partial charge on any atom is -0.497 e. The van der Waals surface area contributed by atoms with Crippen LogP contribution in [0.25, 0.3) is 0 Å². The highest BCUT2D eigenvalue weighted by molar-refractivity contribution is 5.83. The number of aliphatic hydroxyl groups excluding tert-OH is 1.